The van der Waals surface area contributed by atoms with E-state index in [0.717, 1.165) is 5.56 Å². The van der Waals surface area contributed by atoms with Crippen LogP contribution in [0, 0.1) is 6.92 Å². The Bertz CT molecular complexity index is 770. The molecular weight excluding hydrogens is 340 g/mol. The van der Waals surface area contributed by atoms with Crippen LogP contribution in [0.4, 0.5) is 0 Å². The highest BCUT2D eigenvalue weighted by atomic mass is 32.2. The summed E-state index contributed by atoms with van der Waals surface area (Å²) in [4.78, 5) is 0.228. The molecule has 1 aliphatic heterocycles. The molecule has 128 valence electrons. The first-order valence-corrected chi connectivity index (χ1v) is 9.92. The average Bonchev–Trinajstić information content (AvgIpc) is 2.46. The molecule has 0 saturated carbocycles. The summed E-state index contributed by atoms with van der Waals surface area (Å²) in [6.07, 6.45) is 3.77. The van der Waals surface area contributed by atoms with Crippen LogP contribution in [-0.2, 0) is 24.5 Å². The minimum absolute atomic E-state index is 0.113. The molecule has 0 amide bonds. The smallest absolute Gasteiger partial charge is 0.258 e. The number of benzene rings is 1. The SMILES string of the molecule is Cc1ccc(S(=O)(=O)N(C)C/C=C/C2CCOS(=O)(=O)N2)cc1. The molecule has 1 unspecified atom stereocenters. The molecule has 0 aliphatic carbocycles. The third kappa shape index (κ3) is 4.85. The van der Waals surface area contributed by atoms with Gasteiger partial charge in [0.1, 0.15) is 0 Å². The van der Waals surface area contributed by atoms with Crippen molar-refractivity contribution in [2.75, 3.05) is 20.2 Å². The molecule has 9 heteroatoms. The van der Waals surface area contributed by atoms with Crippen LogP contribution in [0.5, 0.6) is 0 Å². The van der Waals surface area contributed by atoms with Crippen LogP contribution in [0.15, 0.2) is 41.3 Å². The minimum atomic E-state index is -3.69. The largest absolute Gasteiger partial charge is 0.336 e. The van der Waals surface area contributed by atoms with Gasteiger partial charge in [0.2, 0.25) is 10.0 Å². The van der Waals surface area contributed by atoms with Crippen molar-refractivity contribution in [3.05, 3.63) is 42.0 Å². The van der Waals surface area contributed by atoms with E-state index in [4.69, 9.17) is 0 Å². The Balaban J connectivity index is 1.99. The molecule has 1 heterocycles. The highest BCUT2D eigenvalue weighted by molar-refractivity contribution is 7.89. The first-order valence-electron chi connectivity index (χ1n) is 7.07. The normalized spacial score (nSPS) is 21.8. The molecule has 1 fully saturated rings. The quantitative estimate of drug-likeness (QED) is 0.784. The van der Waals surface area contributed by atoms with E-state index in [2.05, 4.69) is 8.91 Å². The van der Waals surface area contributed by atoms with Gasteiger partial charge in [-0.05, 0) is 25.5 Å². The van der Waals surface area contributed by atoms with Crippen molar-refractivity contribution < 1.29 is 21.0 Å². The predicted octanol–water partition coefficient (Wildman–Crippen LogP) is 0.795. The van der Waals surface area contributed by atoms with Crippen molar-refractivity contribution >= 4 is 20.3 Å². The van der Waals surface area contributed by atoms with Crippen molar-refractivity contribution in [1.82, 2.24) is 9.03 Å². The van der Waals surface area contributed by atoms with Crippen molar-refractivity contribution in [2.24, 2.45) is 0 Å². The number of sulfonamides is 1. The maximum Gasteiger partial charge on any atom is 0.336 e. The fourth-order valence-electron chi connectivity index (χ4n) is 2.06. The molecule has 2 rings (SSSR count). The van der Waals surface area contributed by atoms with Gasteiger partial charge in [0.25, 0.3) is 0 Å². The van der Waals surface area contributed by atoms with Gasteiger partial charge in [0.15, 0.2) is 0 Å². The van der Waals surface area contributed by atoms with Gasteiger partial charge < -0.3 is 0 Å². The summed E-state index contributed by atoms with van der Waals surface area (Å²) in [6.45, 7) is 2.15. The van der Waals surface area contributed by atoms with Crippen LogP contribution < -0.4 is 4.72 Å². The number of rotatable bonds is 5. The molecule has 1 aromatic carbocycles. The summed E-state index contributed by atoms with van der Waals surface area (Å²) in [5.41, 5.74) is 0.985. The first kappa shape index (κ1) is 18.1. The first-order chi connectivity index (χ1) is 10.7. The zero-order chi connectivity index (χ0) is 17.1. The number of aryl methyl sites for hydroxylation is 1. The molecule has 0 radical (unpaired) electrons. The van der Waals surface area contributed by atoms with Gasteiger partial charge in [-0.1, -0.05) is 29.8 Å². The predicted molar refractivity (Wildman–Crippen MR) is 86.5 cm³/mol. The van der Waals surface area contributed by atoms with Crippen LogP contribution in [0.3, 0.4) is 0 Å². The van der Waals surface area contributed by atoms with E-state index in [-0.39, 0.29) is 24.1 Å². The number of nitrogens with one attached hydrogen (secondary N) is 1. The summed E-state index contributed by atoms with van der Waals surface area (Å²) < 4.78 is 55.4. The lowest BCUT2D eigenvalue weighted by atomic mass is 10.2. The van der Waals surface area contributed by atoms with Crippen molar-refractivity contribution in [3.8, 4) is 0 Å². The number of nitrogens with zero attached hydrogens (tertiary/aromatic N) is 1. The fourth-order valence-corrected chi connectivity index (χ4v) is 4.13. The maximum atomic E-state index is 12.4. The molecule has 0 aromatic heterocycles. The second-order valence-electron chi connectivity index (χ2n) is 5.32. The summed E-state index contributed by atoms with van der Waals surface area (Å²) in [6, 6.07) is 6.24. The average molecular weight is 360 g/mol. The number of hydrogen-bond donors (Lipinski definition) is 1. The monoisotopic (exact) mass is 360 g/mol. The zero-order valence-electron chi connectivity index (χ0n) is 13.0. The van der Waals surface area contributed by atoms with E-state index in [1.165, 1.54) is 11.4 Å². The van der Waals surface area contributed by atoms with Gasteiger partial charge in [-0.3, -0.25) is 4.18 Å². The van der Waals surface area contributed by atoms with E-state index in [1.54, 1.807) is 36.4 Å². The molecule has 1 aromatic rings. The standard InChI is InChI=1S/C14H20N2O5S2/c1-12-5-7-14(8-6-12)22(17,18)16(2)10-3-4-13-9-11-21-23(19,20)15-13/h3-8,13,15H,9-11H2,1-2H3/b4-3+. The third-order valence-electron chi connectivity index (χ3n) is 3.42. The van der Waals surface area contributed by atoms with E-state index >= 15 is 0 Å². The zero-order valence-corrected chi connectivity index (χ0v) is 14.6. The Kier molecular flexibility index (Phi) is 5.58. The summed E-state index contributed by atoms with van der Waals surface area (Å²) >= 11 is 0. The highest BCUT2D eigenvalue weighted by Crippen LogP contribution is 2.15. The second kappa shape index (κ2) is 7.10. The van der Waals surface area contributed by atoms with Gasteiger partial charge in [-0.2, -0.15) is 17.4 Å². The van der Waals surface area contributed by atoms with Crippen LogP contribution in [0.2, 0.25) is 0 Å². The Hall–Kier alpha value is -1.26. The number of hydrogen-bond acceptors (Lipinski definition) is 5. The lowest BCUT2D eigenvalue weighted by Gasteiger charge is -2.20. The van der Waals surface area contributed by atoms with Gasteiger partial charge >= 0.3 is 10.3 Å². The van der Waals surface area contributed by atoms with Crippen LogP contribution in [0.25, 0.3) is 0 Å². The highest BCUT2D eigenvalue weighted by Gasteiger charge is 2.23. The molecule has 1 atom stereocenters. The van der Waals surface area contributed by atoms with E-state index < -0.39 is 20.3 Å². The van der Waals surface area contributed by atoms with Crippen molar-refractivity contribution in [2.45, 2.75) is 24.3 Å². The lowest BCUT2D eigenvalue weighted by molar-refractivity contribution is 0.269. The summed E-state index contributed by atoms with van der Waals surface area (Å²) in [5.74, 6) is 0. The van der Waals surface area contributed by atoms with Crippen LogP contribution >= 0.6 is 0 Å². The van der Waals surface area contributed by atoms with Gasteiger partial charge in [0.05, 0.1) is 11.5 Å². The Morgan fingerprint density at radius 1 is 1.35 bits per heavy atom. The van der Waals surface area contributed by atoms with Crippen LogP contribution in [0.1, 0.15) is 12.0 Å². The molecule has 1 aliphatic rings. The Labute approximate surface area is 137 Å². The van der Waals surface area contributed by atoms with Gasteiger partial charge in [0, 0.05) is 19.6 Å². The number of likely N-dealkylation sites (N-methyl/N-ethyl adjacent to an activating group) is 1. The Morgan fingerprint density at radius 3 is 2.61 bits per heavy atom. The van der Waals surface area contributed by atoms with Crippen molar-refractivity contribution in [3.63, 3.8) is 0 Å². The third-order valence-corrected chi connectivity index (χ3v) is 6.33. The van der Waals surface area contributed by atoms with E-state index in [9.17, 15) is 16.8 Å². The molecule has 1 saturated heterocycles. The van der Waals surface area contributed by atoms with Crippen molar-refractivity contribution in [1.29, 1.82) is 0 Å². The topological polar surface area (TPSA) is 92.8 Å². The van der Waals surface area contributed by atoms with E-state index in [1.807, 2.05) is 6.92 Å². The maximum absolute atomic E-state index is 12.4. The minimum Gasteiger partial charge on any atom is -0.258 e. The van der Waals surface area contributed by atoms with Crippen LogP contribution in [-0.4, -0.2) is 47.4 Å². The summed E-state index contributed by atoms with van der Waals surface area (Å²) in [5, 5.41) is 0. The fraction of sp³-hybridized carbons (Fsp3) is 0.429. The second-order valence-corrected chi connectivity index (χ2v) is 8.74. The molecule has 0 bridgehead atoms. The molecule has 23 heavy (non-hydrogen) atoms. The summed E-state index contributed by atoms with van der Waals surface area (Å²) in [7, 11) is -5.77. The van der Waals surface area contributed by atoms with Gasteiger partial charge in [-0.15, -0.1) is 0 Å². The lowest BCUT2D eigenvalue weighted by Crippen LogP contribution is -2.40. The molecular formula is C14H20N2O5S2. The molecule has 0 spiro atoms. The molecule has 1 N–H and O–H groups in total. The van der Waals surface area contributed by atoms with Gasteiger partial charge in [-0.25, -0.2) is 8.42 Å². The molecule has 7 nitrogen and oxygen atoms in total. The van der Waals surface area contributed by atoms with E-state index in [0.29, 0.717) is 6.42 Å². The Morgan fingerprint density at radius 2 is 2.00 bits per heavy atom.